The van der Waals surface area contributed by atoms with Crippen molar-refractivity contribution in [3.63, 3.8) is 0 Å². The molecule has 0 unspecified atom stereocenters. The van der Waals surface area contributed by atoms with E-state index in [1.807, 2.05) is 10.3 Å². The highest BCUT2D eigenvalue weighted by atomic mass is 32.1. The van der Waals surface area contributed by atoms with Gasteiger partial charge in [0.2, 0.25) is 11.8 Å². The lowest BCUT2D eigenvalue weighted by Gasteiger charge is -2.21. The summed E-state index contributed by atoms with van der Waals surface area (Å²) in [5, 5.41) is 7.22. The van der Waals surface area contributed by atoms with Crippen LogP contribution in [-0.2, 0) is 11.2 Å². The zero-order valence-electron chi connectivity index (χ0n) is 14.1. The Hall–Kier alpha value is -1.76. The molecule has 0 bridgehead atoms. The third-order valence-corrected chi connectivity index (χ3v) is 5.85. The van der Waals surface area contributed by atoms with Crippen molar-refractivity contribution in [2.45, 2.75) is 63.8 Å². The Morgan fingerprint density at radius 3 is 2.92 bits per heavy atom. The minimum absolute atomic E-state index is 0.0445. The summed E-state index contributed by atoms with van der Waals surface area (Å²) in [6.45, 7) is 5.00. The Bertz CT molecular complexity index is 735. The van der Waals surface area contributed by atoms with Crippen LogP contribution in [0, 0.1) is 0 Å². The molecule has 0 spiro atoms. The van der Waals surface area contributed by atoms with Gasteiger partial charge >= 0.3 is 0 Å². The lowest BCUT2D eigenvalue weighted by atomic mass is 10.2. The molecule has 0 radical (unpaired) electrons. The second-order valence-corrected chi connectivity index (χ2v) is 7.91. The highest BCUT2D eigenvalue weighted by Gasteiger charge is 2.36. The molecule has 1 aliphatic heterocycles. The number of amides is 1. The molecule has 1 atom stereocenters. The van der Waals surface area contributed by atoms with E-state index < -0.39 is 0 Å². The third-order valence-electron chi connectivity index (χ3n) is 4.65. The first-order chi connectivity index (χ1) is 11.6. The largest absolute Gasteiger partial charge is 0.339 e. The van der Waals surface area contributed by atoms with Crippen molar-refractivity contribution in [3.05, 3.63) is 27.8 Å². The first-order valence-corrected chi connectivity index (χ1v) is 9.57. The van der Waals surface area contributed by atoms with Crippen LogP contribution in [0.4, 0.5) is 0 Å². The molecule has 128 valence electrons. The van der Waals surface area contributed by atoms with Gasteiger partial charge in [0.15, 0.2) is 5.82 Å². The predicted octanol–water partition coefficient (Wildman–Crippen LogP) is 3.43. The summed E-state index contributed by atoms with van der Waals surface area (Å²) in [5.74, 6) is 2.37. The molecule has 2 aromatic rings. The van der Waals surface area contributed by atoms with Crippen molar-refractivity contribution in [3.8, 4) is 0 Å². The summed E-state index contributed by atoms with van der Waals surface area (Å²) in [7, 11) is 0. The smallest absolute Gasteiger partial charge is 0.229 e. The Kier molecular flexibility index (Phi) is 4.12. The third kappa shape index (κ3) is 3.09. The lowest BCUT2D eigenvalue weighted by molar-refractivity contribution is -0.131. The molecule has 24 heavy (non-hydrogen) atoms. The molecule has 1 amide bonds. The second kappa shape index (κ2) is 6.27. The van der Waals surface area contributed by atoms with Gasteiger partial charge in [-0.1, -0.05) is 19.0 Å². The zero-order chi connectivity index (χ0) is 16.7. The van der Waals surface area contributed by atoms with Crippen molar-refractivity contribution in [2.75, 3.05) is 6.54 Å². The van der Waals surface area contributed by atoms with Crippen LogP contribution in [0.25, 0.3) is 0 Å². The highest BCUT2D eigenvalue weighted by molar-refractivity contribution is 7.09. The van der Waals surface area contributed by atoms with Crippen molar-refractivity contribution in [1.82, 2.24) is 20.0 Å². The maximum absolute atomic E-state index is 12.7. The molecule has 7 heteroatoms. The highest BCUT2D eigenvalue weighted by Crippen LogP contribution is 2.40. The molecular formula is C17H22N4O2S. The van der Waals surface area contributed by atoms with Crippen LogP contribution in [0.3, 0.4) is 0 Å². The monoisotopic (exact) mass is 346 g/mol. The molecule has 3 heterocycles. The molecule has 1 saturated heterocycles. The molecule has 1 aliphatic carbocycles. The predicted molar refractivity (Wildman–Crippen MR) is 89.9 cm³/mol. The number of hydrogen-bond donors (Lipinski definition) is 0. The maximum Gasteiger partial charge on any atom is 0.229 e. The summed E-state index contributed by atoms with van der Waals surface area (Å²) >= 11 is 1.63. The molecule has 1 saturated carbocycles. The summed E-state index contributed by atoms with van der Waals surface area (Å²) in [5.41, 5.74) is 0.867. The van der Waals surface area contributed by atoms with Gasteiger partial charge in [-0.3, -0.25) is 4.79 Å². The fraction of sp³-hybridized carbons (Fsp3) is 0.647. The Morgan fingerprint density at radius 1 is 1.38 bits per heavy atom. The molecule has 0 N–H and O–H groups in total. The fourth-order valence-electron chi connectivity index (χ4n) is 3.14. The van der Waals surface area contributed by atoms with Crippen molar-refractivity contribution in [1.29, 1.82) is 0 Å². The molecular weight excluding hydrogens is 324 g/mol. The summed E-state index contributed by atoms with van der Waals surface area (Å²) < 4.78 is 5.37. The van der Waals surface area contributed by atoms with Crippen LogP contribution < -0.4 is 0 Å². The molecule has 2 fully saturated rings. The number of rotatable bonds is 5. The van der Waals surface area contributed by atoms with E-state index in [1.165, 1.54) is 0 Å². The number of nitrogens with zero attached hydrogens (tertiary/aromatic N) is 4. The van der Waals surface area contributed by atoms with E-state index in [-0.39, 0.29) is 11.9 Å². The van der Waals surface area contributed by atoms with Crippen LogP contribution >= 0.6 is 11.3 Å². The minimum atomic E-state index is -0.0445. The van der Waals surface area contributed by atoms with E-state index in [0.29, 0.717) is 24.1 Å². The number of hydrogen-bond acceptors (Lipinski definition) is 6. The average molecular weight is 346 g/mol. The van der Waals surface area contributed by atoms with Crippen LogP contribution in [-0.4, -0.2) is 32.5 Å². The lowest BCUT2D eigenvalue weighted by Crippen LogP contribution is -2.32. The van der Waals surface area contributed by atoms with E-state index >= 15 is 0 Å². The van der Waals surface area contributed by atoms with E-state index in [1.54, 1.807) is 11.3 Å². The molecule has 4 rings (SSSR count). The van der Waals surface area contributed by atoms with Gasteiger partial charge in [0.05, 0.1) is 23.2 Å². The van der Waals surface area contributed by atoms with Gasteiger partial charge in [-0.2, -0.15) is 4.98 Å². The van der Waals surface area contributed by atoms with Gasteiger partial charge in [0.25, 0.3) is 0 Å². The number of likely N-dealkylation sites (tertiary alicyclic amines) is 1. The number of carbonyl (C=O) groups excluding carboxylic acids is 1. The molecule has 2 aromatic heterocycles. The summed E-state index contributed by atoms with van der Waals surface area (Å²) in [6.07, 6.45) is 4.52. The summed E-state index contributed by atoms with van der Waals surface area (Å²) in [4.78, 5) is 23.7. The van der Waals surface area contributed by atoms with Gasteiger partial charge < -0.3 is 9.42 Å². The summed E-state index contributed by atoms with van der Waals surface area (Å²) in [6, 6.07) is -0.0445. The first kappa shape index (κ1) is 15.7. The number of thiazole rings is 1. The van der Waals surface area contributed by atoms with Crippen LogP contribution in [0.1, 0.15) is 79.8 Å². The standard InChI is InChI=1S/C17H22N4O2S/c1-10(2)17-18-12(9-24-17)8-14(22)21-7-3-4-13(21)15-19-16(23-20-15)11-5-6-11/h9-11,13H,3-8H2,1-2H3/t13-/m0/s1. The van der Waals surface area contributed by atoms with Gasteiger partial charge in [0.1, 0.15) is 0 Å². The number of aromatic nitrogens is 3. The van der Waals surface area contributed by atoms with E-state index in [2.05, 4.69) is 29.0 Å². The van der Waals surface area contributed by atoms with Crippen molar-refractivity contribution in [2.24, 2.45) is 0 Å². The Balaban J connectivity index is 1.45. The second-order valence-electron chi connectivity index (χ2n) is 7.02. The van der Waals surface area contributed by atoms with Gasteiger partial charge in [-0.05, 0) is 25.7 Å². The fourth-order valence-corrected chi connectivity index (χ4v) is 3.97. The SMILES string of the molecule is CC(C)c1nc(CC(=O)N2CCC[C@H]2c2noc(C3CC3)n2)cs1. The van der Waals surface area contributed by atoms with Gasteiger partial charge in [-0.25, -0.2) is 4.98 Å². The quantitative estimate of drug-likeness (QED) is 0.829. The van der Waals surface area contributed by atoms with E-state index in [0.717, 1.165) is 48.8 Å². The average Bonchev–Trinajstić information content (AvgIpc) is 2.98. The van der Waals surface area contributed by atoms with Crippen LogP contribution in [0.15, 0.2) is 9.90 Å². The Morgan fingerprint density at radius 2 is 2.21 bits per heavy atom. The van der Waals surface area contributed by atoms with E-state index in [9.17, 15) is 4.79 Å². The molecule has 6 nitrogen and oxygen atoms in total. The molecule has 2 aliphatic rings. The molecule has 0 aromatic carbocycles. The van der Waals surface area contributed by atoms with E-state index in [4.69, 9.17) is 4.52 Å². The topological polar surface area (TPSA) is 72.1 Å². The number of carbonyl (C=O) groups is 1. The minimum Gasteiger partial charge on any atom is -0.339 e. The van der Waals surface area contributed by atoms with Crippen molar-refractivity contribution < 1.29 is 9.32 Å². The zero-order valence-corrected chi connectivity index (χ0v) is 14.9. The van der Waals surface area contributed by atoms with Crippen LogP contribution in [0.5, 0.6) is 0 Å². The normalized spacial score (nSPS) is 21.0. The van der Waals surface area contributed by atoms with Gasteiger partial charge in [-0.15, -0.1) is 11.3 Å². The van der Waals surface area contributed by atoms with Crippen molar-refractivity contribution >= 4 is 17.2 Å². The first-order valence-electron chi connectivity index (χ1n) is 8.69. The maximum atomic E-state index is 12.7. The Labute approximate surface area is 145 Å². The van der Waals surface area contributed by atoms with Gasteiger partial charge in [0, 0.05) is 23.8 Å². The van der Waals surface area contributed by atoms with Crippen LogP contribution in [0.2, 0.25) is 0 Å².